The summed E-state index contributed by atoms with van der Waals surface area (Å²) in [5.41, 5.74) is 0. The summed E-state index contributed by atoms with van der Waals surface area (Å²) in [5.74, 6) is 1.18. The summed E-state index contributed by atoms with van der Waals surface area (Å²) < 4.78 is 18.0. The quantitative estimate of drug-likeness (QED) is 0.525. The third-order valence-electron chi connectivity index (χ3n) is 1.30. The molecule has 1 aliphatic rings. The van der Waals surface area contributed by atoms with Crippen molar-refractivity contribution < 1.29 is 4.21 Å². The molecule has 0 spiro atoms. The van der Waals surface area contributed by atoms with Crippen LogP contribution in [0.1, 0.15) is 12.8 Å². The van der Waals surface area contributed by atoms with Gasteiger partial charge in [0.15, 0.2) is 0 Å². The second-order valence-corrected chi connectivity index (χ2v) is 4.53. The molecule has 1 heterocycles. The molecule has 47 valence electrons. The molecule has 0 saturated carbocycles. The number of hydrogen-bond donors (Lipinski definition) is 1. The Morgan fingerprint density at radius 3 is 2.12 bits per heavy atom. The van der Waals surface area contributed by atoms with Gasteiger partial charge in [0.2, 0.25) is 0 Å². The van der Waals surface area contributed by atoms with Gasteiger partial charge in [0.25, 0.3) is 0 Å². The predicted molar refractivity (Wildman–Crippen MR) is 34.1 cm³/mol. The van der Waals surface area contributed by atoms with Crippen molar-refractivity contribution in [3.05, 3.63) is 6.42 Å². The number of nitrogens with one attached hydrogen (secondary N) is 1. The fourth-order valence-corrected chi connectivity index (χ4v) is 2.09. The molecule has 1 fully saturated rings. The Labute approximate surface area is 50.3 Å². The van der Waals surface area contributed by atoms with Gasteiger partial charge in [0.05, 0.1) is 0 Å². The molecule has 2 nitrogen and oxygen atoms in total. The number of rotatable bonds is 0. The van der Waals surface area contributed by atoms with Crippen LogP contribution in [0.4, 0.5) is 0 Å². The molecular weight excluding hydrogens is 122 g/mol. The Hall–Kier alpha value is -0.0500. The second kappa shape index (κ2) is 2.05. The second-order valence-electron chi connectivity index (χ2n) is 2.09. The molecule has 0 amide bonds. The first-order valence-electron chi connectivity index (χ1n) is 2.76. The summed E-state index contributed by atoms with van der Waals surface area (Å²) in [6.45, 7) is 0. The van der Waals surface area contributed by atoms with Crippen LogP contribution in [0.15, 0.2) is 0 Å². The first-order valence-corrected chi connectivity index (χ1v) is 4.66. The van der Waals surface area contributed by atoms with Crippen LogP contribution in [0, 0.1) is 11.2 Å². The van der Waals surface area contributed by atoms with Crippen molar-refractivity contribution in [2.45, 2.75) is 12.8 Å². The molecule has 0 aromatic rings. The normalized spacial score (nSPS) is 27.5. The predicted octanol–water partition coefficient (Wildman–Crippen LogP) is 1.03. The van der Waals surface area contributed by atoms with E-state index in [4.69, 9.17) is 4.78 Å². The zero-order chi connectivity index (χ0) is 6.04. The van der Waals surface area contributed by atoms with Crippen molar-refractivity contribution in [3.8, 4) is 0 Å². The molecule has 0 aromatic heterocycles. The van der Waals surface area contributed by atoms with Crippen LogP contribution in [0.2, 0.25) is 0 Å². The van der Waals surface area contributed by atoms with Gasteiger partial charge in [-0.3, -0.25) is 4.78 Å². The zero-order valence-corrected chi connectivity index (χ0v) is 5.54. The minimum absolute atomic E-state index is 0.590. The van der Waals surface area contributed by atoms with Gasteiger partial charge in [-0.1, -0.05) is 0 Å². The van der Waals surface area contributed by atoms with E-state index in [1.54, 1.807) is 0 Å². The minimum Gasteiger partial charge on any atom is -0.253 e. The average Bonchev–Trinajstić information content (AvgIpc) is 1.65. The summed E-state index contributed by atoms with van der Waals surface area (Å²) in [6, 6.07) is 0. The molecule has 3 heteroatoms. The molecule has 0 atom stereocenters. The Morgan fingerprint density at radius 1 is 1.38 bits per heavy atom. The fraction of sp³-hybridized carbons (Fsp3) is 0.800. The van der Waals surface area contributed by atoms with Crippen molar-refractivity contribution in [2.24, 2.45) is 0 Å². The fourth-order valence-electron chi connectivity index (χ4n) is 0.794. The van der Waals surface area contributed by atoms with Crippen molar-refractivity contribution in [1.29, 1.82) is 4.78 Å². The molecule has 0 bridgehead atoms. The van der Waals surface area contributed by atoms with Gasteiger partial charge in [0, 0.05) is 21.2 Å². The lowest BCUT2D eigenvalue weighted by molar-refractivity contribution is 0.667. The SMILES string of the molecule is N=S1(=O)CC[CH]CC1. The van der Waals surface area contributed by atoms with Crippen molar-refractivity contribution in [2.75, 3.05) is 11.5 Å². The lowest BCUT2D eigenvalue weighted by Crippen LogP contribution is -2.14. The largest absolute Gasteiger partial charge is 0.253 e. The standard InChI is InChI=1S/C5H10NOS/c6-8(7)4-2-1-3-5-8/h1,6H,2-5H2. The average molecular weight is 132 g/mol. The van der Waals surface area contributed by atoms with Crippen LogP contribution in [-0.2, 0) is 9.73 Å². The summed E-state index contributed by atoms with van der Waals surface area (Å²) in [4.78, 5) is 0. The maximum atomic E-state index is 10.9. The van der Waals surface area contributed by atoms with E-state index in [9.17, 15) is 4.21 Å². The molecule has 1 saturated heterocycles. The van der Waals surface area contributed by atoms with Crippen LogP contribution >= 0.6 is 0 Å². The lowest BCUT2D eigenvalue weighted by Gasteiger charge is -2.11. The summed E-state index contributed by atoms with van der Waals surface area (Å²) in [7, 11) is -2.11. The van der Waals surface area contributed by atoms with Crippen LogP contribution in [0.5, 0.6) is 0 Å². The molecule has 1 aliphatic heterocycles. The molecule has 8 heavy (non-hydrogen) atoms. The van der Waals surface area contributed by atoms with Crippen molar-refractivity contribution >= 4 is 9.73 Å². The van der Waals surface area contributed by atoms with E-state index in [0.29, 0.717) is 11.5 Å². The number of hydrogen-bond acceptors (Lipinski definition) is 2. The molecule has 0 aromatic carbocycles. The van der Waals surface area contributed by atoms with E-state index >= 15 is 0 Å². The minimum atomic E-state index is -2.11. The first-order chi connectivity index (χ1) is 3.71. The first kappa shape index (κ1) is 6.08. The van der Waals surface area contributed by atoms with E-state index in [1.165, 1.54) is 0 Å². The van der Waals surface area contributed by atoms with Crippen molar-refractivity contribution in [1.82, 2.24) is 0 Å². The van der Waals surface area contributed by atoms with Crippen LogP contribution in [0.25, 0.3) is 0 Å². The highest BCUT2D eigenvalue weighted by Crippen LogP contribution is 2.09. The molecule has 0 aliphatic carbocycles. The van der Waals surface area contributed by atoms with E-state index in [2.05, 4.69) is 6.42 Å². The highest BCUT2D eigenvalue weighted by Gasteiger charge is 2.10. The third kappa shape index (κ3) is 1.47. The van der Waals surface area contributed by atoms with Gasteiger partial charge in [-0.25, -0.2) is 4.21 Å². The molecule has 1 N–H and O–H groups in total. The smallest absolute Gasteiger partial charge is 0.0441 e. The van der Waals surface area contributed by atoms with Crippen LogP contribution in [0.3, 0.4) is 0 Å². The molecular formula is C5H10NOS. The lowest BCUT2D eigenvalue weighted by atomic mass is 10.3. The molecule has 1 radical (unpaired) electrons. The van der Waals surface area contributed by atoms with E-state index in [1.807, 2.05) is 0 Å². The van der Waals surface area contributed by atoms with Crippen LogP contribution < -0.4 is 0 Å². The monoisotopic (exact) mass is 132 g/mol. The van der Waals surface area contributed by atoms with Crippen LogP contribution in [-0.4, -0.2) is 15.7 Å². The maximum Gasteiger partial charge on any atom is 0.0441 e. The van der Waals surface area contributed by atoms with Crippen molar-refractivity contribution in [3.63, 3.8) is 0 Å². The third-order valence-corrected chi connectivity index (χ3v) is 3.09. The molecule has 1 rings (SSSR count). The molecule has 0 unspecified atom stereocenters. The van der Waals surface area contributed by atoms with Gasteiger partial charge in [-0.05, 0) is 19.3 Å². The highest BCUT2D eigenvalue weighted by molar-refractivity contribution is 7.92. The summed E-state index contributed by atoms with van der Waals surface area (Å²) in [5, 5.41) is 0. The Bertz CT molecular complexity index is 147. The highest BCUT2D eigenvalue weighted by atomic mass is 32.2. The topological polar surface area (TPSA) is 40.9 Å². The van der Waals surface area contributed by atoms with Gasteiger partial charge in [-0.15, -0.1) is 0 Å². The Balaban J connectivity index is 2.58. The van der Waals surface area contributed by atoms with Gasteiger partial charge < -0.3 is 0 Å². The van der Waals surface area contributed by atoms with Gasteiger partial charge in [-0.2, -0.15) is 0 Å². The van der Waals surface area contributed by atoms with Gasteiger partial charge in [0.1, 0.15) is 0 Å². The van der Waals surface area contributed by atoms with E-state index < -0.39 is 9.73 Å². The zero-order valence-electron chi connectivity index (χ0n) is 4.72. The Kier molecular flexibility index (Phi) is 1.56. The Morgan fingerprint density at radius 2 is 1.88 bits per heavy atom. The van der Waals surface area contributed by atoms with Gasteiger partial charge >= 0.3 is 0 Å². The summed E-state index contributed by atoms with van der Waals surface area (Å²) >= 11 is 0. The summed E-state index contributed by atoms with van der Waals surface area (Å²) in [6.07, 6.45) is 3.86. The van der Waals surface area contributed by atoms with E-state index in [0.717, 1.165) is 12.8 Å². The maximum absolute atomic E-state index is 10.9. The van der Waals surface area contributed by atoms with E-state index in [-0.39, 0.29) is 0 Å².